The Morgan fingerprint density at radius 1 is 1.37 bits per heavy atom. The maximum absolute atomic E-state index is 13.1. The predicted octanol–water partition coefficient (Wildman–Crippen LogP) is 2.88. The highest BCUT2D eigenvalue weighted by atomic mass is 19.1. The SMILES string of the molecule is CCCCCCCC(=O)N=Nc1[nH]c(=O)ncc1F. The number of azo groups is 1. The minimum atomic E-state index is -0.820. The molecule has 0 aliphatic carbocycles. The molecule has 1 amide bonds. The molecular weight excluding hydrogens is 251 g/mol. The number of amides is 1. The molecule has 0 bridgehead atoms. The molecule has 0 unspecified atom stereocenters. The third-order valence-corrected chi connectivity index (χ3v) is 2.50. The van der Waals surface area contributed by atoms with Crippen molar-refractivity contribution in [2.24, 2.45) is 10.2 Å². The minimum absolute atomic E-state index is 0.282. The number of carbonyl (C=O) groups is 1. The summed E-state index contributed by atoms with van der Waals surface area (Å²) in [5.41, 5.74) is -0.734. The molecular formula is C12H17FN4O2. The zero-order chi connectivity index (χ0) is 14.1. The summed E-state index contributed by atoms with van der Waals surface area (Å²) in [6, 6.07) is 0. The van der Waals surface area contributed by atoms with E-state index in [4.69, 9.17) is 0 Å². The summed E-state index contributed by atoms with van der Waals surface area (Å²) in [6.45, 7) is 2.11. The lowest BCUT2D eigenvalue weighted by atomic mass is 10.1. The largest absolute Gasteiger partial charge is 0.346 e. The number of nitrogens with zero attached hydrogens (tertiary/aromatic N) is 3. The Morgan fingerprint density at radius 2 is 2.11 bits per heavy atom. The van der Waals surface area contributed by atoms with Gasteiger partial charge < -0.3 is 0 Å². The quantitative estimate of drug-likeness (QED) is 0.609. The molecule has 1 aromatic rings. The summed E-state index contributed by atoms with van der Waals surface area (Å²) >= 11 is 0. The fourth-order valence-electron chi connectivity index (χ4n) is 1.48. The molecule has 1 N–H and O–H groups in total. The lowest BCUT2D eigenvalue weighted by molar-refractivity contribution is -0.118. The second kappa shape index (κ2) is 8.23. The number of carbonyl (C=O) groups excluding carboxylic acids is 1. The van der Waals surface area contributed by atoms with Gasteiger partial charge in [0.25, 0.3) is 5.91 Å². The molecule has 0 atom stereocenters. The Hall–Kier alpha value is -1.92. The zero-order valence-electron chi connectivity index (χ0n) is 10.9. The van der Waals surface area contributed by atoms with Crippen LogP contribution in [0.25, 0.3) is 0 Å². The van der Waals surface area contributed by atoms with Gasteiger partial charge >= 0.3 is 5.69 Å². The van der Waals surface area contributed by atoms with Crippen LogP contribution in [0, 0.1) is 5.82 Å². The normalized spacial score (nSPS) is 11.1. The van der Waals surface area contributed by atoms with Crippen LogP contribution in [-0.2, 0) is 4.79 Å². The first-order valence-electron chi connectivity index (χ1n) is 6.33. The summed E-state index contributed by atoms with van der Waals surface area (Å²) in [4.78, 5) is 27.4. The van der Waals surface area contributed by atoms with Crippen LogP contribution in [0.3, 0.4) is 0 Å². The number of hydrogen-bond acceptors (Lipinski definition) is 4. The third kappa shape index (κ3) is 5.98. The molecule has 0 aliphatic heterocycles. The van der Waals surface area contributed by atoms with Crippen molar-refractivity contribution < 1.29 is 9.18 Å². The fourth-order valence-corrected chi connectivity index (χ4v) is 1.48. The van der Waals surface area contributed by atoms with Crippen LogP contribution in [0.15, 0.2) is 21.2 Å². The average Bonchev–Trinajstić information content (AvgIpc) is 2.39. The molecule has 0 saturated carbocycles. The average molecular weight is 268 g/mol. The topological polar surface area (TPSA) is 87.5 Å². The Bertz CT molecular complexity index is 499. The Morgan fingerprint density at radius 3 is 2.84 bits per heavy atom. The van der Waals surface area contributed by atoms with E-state index in [1.165, 1.54) is 0 Å². The highest BCUT2D eigenvalue weighted by Gasteiger charge is 2.04. The first kappa shape index (κ1) is 15.1. The van der Waals surface area contributed by atoms with E-state index in [1.54, 1.807) is 0 Å². The van der Waals surface area contributed by atoms with E-state index in [0.29, 0.717) is 0 Å². The van der Waals surface area contributed by atoms with Crippen LogP contribution < -0.4 is 5.69 Å². The number of unbranched alkanes of at least 4 members (excludes halogenated alkanes) is 4. The number of aromatic amines is 1. The summed E-state index contributed by atoms with van der Waals surface area (Å²) < 4.78 is 13.1. The molecule has 0 saturated heterocycles. The van der Waals surface area contributed by atoms with E-state index >= 15 is 0 Å². The fraction of sp³-hybridized carbons (Fsp3) is 0.583. The summed E-state index contributed by atoms with van der Waals surface area (Å²) in [7, 11) is 0. The van der Waals surface area contributed by atoms with Gasteiger partial charge in [0.05, 0.1) is 6.20 Å². The first-order chi connectivity index (χ1) is 9.13. The number of aromatic nitrogens is 2. The number of rotatable bonds is 7. The van der Waals surface area contributed by atoms with Crippen molar-refractivity contribution in [1.82, 2.24) is 9.97 Å². The van der Waals surface area contributed by atoms with Gasteiger partial charge in [-0.2, -0.15) is 4.98 Å². The standard InChI is InChI=1S/C12H17FN4O2/c1-2-3-4-5-6-7-10(18)16-17-11-9(13)8-14-12(19)15-11/h8H,2-7H2,1H3,(H,14,15,19). The van der Waals surface area contributed by atoms with Gasteiger partial charge in [0, 0.05) is 6.42 Å². The van der Waals surface area contributed by atoms with Crippen molar-refractivity contribution in [3.8, 4) is 0 Å². The van der Waals surface area contributed by atoms with Gasteiger partial charge in [-0.05, 0) is 6.42 Å². The van der Waals surface area contributed by atoms with Crippen molar-refractivity contribution in [3.63, 3.8) is 0 Å². The van der Waals surface area contributed by atoms with E-state index in [0.717, 1.165) is 38.3 Å². The van der Waals surface area contributed by atoms with E-state index in [2.05, 4.69) is 27.1 Å². The van der Waals surface area contributed by atoms with Gasteiger partial charge in [0.15, 0.2) is 11.6 Å². The van der Waals surface area contributed by atoms with Gasteiger partial charge in [-0.15, -0.1) is 10.2 Å². The molecule has 1 rings (SSSR count). The molecule has 104 valence electrons. The number of H-pyrrole nitrogens is 1. The van der Waals surface area contributed by atoms with Crippen LogP contribution in [0.2, 0.25) is 0 Å². The molecule has 6 nitrogen and oxygen atoms in total. The van der Waals surface area contributed by atoms with E-state index in [9.17, 15) is 14.0 Å². The van der Waals surface area contributed by atoms with Gasteiger partial charge in [0.2, 0.25) is 0 Å². The molecule has 0 fully saturated rings. The Balaban J connectivity index is 2.41. The van der Waals surface area contributed by atoms with Crippen LogP contribution in [0.1, 0.15) is 45.4 Å². The van der Waals surface area contributed by atoms with E-state index < -0.39 is 17.4 Å². The molecule has 0 radical (unpaired) electrons. The molecule has 7 heteroatoms. The Kier molecular flexibility index (Phi) is 6.56. The van der Waals surface area contributed by atoms with Crippen molar-refractivity contribution in [2.45, 2.75) is 45.4 Å². The van der Waals surface area contributed by atoms with Crippen molar-refractivity contribution >= 4 is 11.7 Å². The van der Waals surface area contributed by atoms with Crippen molar-refractivity contribution in [3.05, 3.63) is 22.5 Å². The summed E-state index contributed by atoms with van der Waals surface area (Å²) in [5, 5.41) is 6.75. The molecule has 0 aromatic carbocycles. The molecule has 1 heterocycles. The summed E-state index contributed by atoms with van der Waals surface area (Å²) in [5.74, 6) is -1.62. The number of nitrogens with one attached hydrogen (secondary N) is 1. The number of hydrogen-bond donors (Lipinski definition) is 1. The minimum Gasteiger partial charge on any atom is -0.286 e. The molecule has 1 aromatic heterocycles. The van der Waals surface area contributed by atoms with Gasteiger partial charge in [0.1, 0.15) is 0 Å². The predicted molar refractivity (Wildman–Crippen MR) is 67.7 cm³/mol. The first-order valence-corrected chi connectivity index (χ1v) is 6.33. The second-order valence-corrected chi connectivity index (χ2v) is 4.14. The highest BCUT2D eigenvalue weighted by molar-refractivity contribution is 5.76. The smallest absolute Gasteiger partial charge is 0.286 e. The zero-order valence-corrected chi connectivity index (χ0v) is 10.9. The van der Waals surface area contributed by atoms with Crippen LogP contribution >= 0.6 is 0 Å². The second-order valence-electron chi connectivity index (χ2n) is 4.14. The van der Waals surface area contributed by atoms with Crippen LogP contribution in [-0.4, -0.2) is 15.9 Å². The molecule has 19 heavy (non-hydrogen) atoms. The summed E-state index contributed by atoms with van der Waals surface area (Å²) in [6.07, 6.45) is 6.12. The maximum Gasteiger partial charge on any atom is 0.346 e. The van der Waals surface area contributed by atoms with Crippen LogP contribution in [0.5, 0.6) is 0 Å². The van der Waals surface area contributed by atoms with E-state index in [1.807, 2.05) is 0 Å². The van der Waals surface area contributed by atoms with Gasteiger partial charge in [-0.1, -0.05) is 32.6 Å². The lowest BCUT2D eigenvalue weighted by Crippen LogP contribution is -2.09. The lowest BCUT2D eigenvalue weighted by Gasteiger charge is -1.97. The Labute approximate surface area is 110 Å². The van der Waals surface area contributed by atoms with Gasteiger partial charge in [-0.25, -0.2) is 9.18 Å². The monoisotopic (exact) mass is 268 g/mol. The van der Waals surface area contributed by atoms with E-state index in [-0.39, 0.29) is 12.2 Å². The maximum atomic E-state index is 13.1. The highest BCUT2D eigenvalue weighted by Crippen LogP contribution is 2.11. The molecule has 0 spiro atoms. The van der Waals surface area contributed by atoms with Crippen molar-refractivity contribution in [2.75, 3.05) is 0 Å². The third-order valence-electron chi connectivity index (χ3n) is 2.50. The number of halogens is 1. The van der Waals surface area contributed by atoms with Gasteiger partial charge in [-0.3, -0.25) is 9.78 Å². The molecule has 0 aliphatic rings. The van der Waals surface area contributed by atoms with Crippen LogP contribution in [0.4, 0.5) is 10.2 Å². The van der Waals surface area contributed by atoms with Crippen molar-refractivity contribution in [1.29, 1.82) is 0 Å².